The van der Waals surface area contributed by atoms with Crippen LogP contribution >= 0.6 is 0 Å². The van der Waals surface area contributed by atoms with Crippen molar-refractivity contribution >= 4 is 11.9 Å². The van der Waals surface area contributed by atoms with E-state index < -0.39 is 42.7 Å². The third-order valence-corrected chi connectivity index (χ3v) is 7.98. The van der Waals surface area contributed by atoms with E-state index in [1.54, 1.807) is 0 Å². The van der Waals surface area contributed by atoms with Crippen LogP contribution in [0, 0.1) is 23.7 Å². The number of hydrogen-bond acceptors (Lipinski definition) is 7. The van der Waals surface area contributed by atoms with Crippen molar-refractivity contribution in [2.75, 3.05) is 18.5 Å². The molecule has 1 aromatic rings. The van der Waals surface area contributed by atoms with Gasteiger partial charge in [0.1, 0.15) is 11.9 Å². The van der Waals surface area contributed by atoms with E-state index in [0.717, 1.165) is 36.9 Å². The molecule has 236 valence electrons. The Bertz CT molecular complexity index is 976. The lowest BCUT2D eigenvalue weighted by Crippen LogP contribution is -2.41. The van der Waals surface area contributed by atoms with Crippen LogP contribution in [0.15, 0.2) is 17.1 Å². The molecule has 3 N–H and O–H groups in total. The fourth-order valence-electron chi connectivity index (χ4n) is 5.21. The summed E-state index contributed by atoms with van der Waals surface area (Å²) in [4.78, 5) is 28.0. The van der Waals surface area contributed by atoms with Gasteiger partial charge in [-0.1, -0.05) is 92.4 Å². The van der Waals surface area contributed by atoms with Crippen molar-refractivity contribution < 1.29 is 33.3 Å². The number of anilines is 1. The van der Waals surface area contributed by atoms with Crippen LogP contribution < -0.4 is 11.0 Å². The number of aliphatic hydroxyl groups is 2. The number of halogens is 2. The number of carbonyl (C=O) groups is 1. The molecule has 0 bridgehead atoms. The molecule has 0 aromatic carbocycles. The first-order chi connectivity index (χ1) is 19.3. The van der Waals surface area contributed by atoms with Crippen molar-refractivity contribution in [2.45, 2.75) is 123 Å². The van der Waals surface area contributed by atoms with Crippen LogP contribution in [0.1, 0.15) is 105 Å². The summed E-state index contributed by atoms with van der Waals surface area (Å²) in [6.45, 7) is 10.8. The van der Waals surface area contributed by atoms with Crippen LogP contribution in [0.3, 0.4) is 0 Å². The fraction of sp³-hybridized carbons (Fsp3) is 0.833. The van der Waals surface area contributed by atoms with Crippen LogP contribution in [-0.2, 0) is 9.47 Å². The van der Waals surface area contributed by atoms with Gasteiger partial charge in [0.25, 0.3) is 0 Å². The molecule has 11 heteroatoms. The van der Waals surface area contributed by atoms with E-state index in [4.69, 9.17) is 14.6 Å². The lowest BCUT2D eigenvalue weighted by Gasteiger charge is -2.21. The lowest BCUT2D eigenvalue weighted by atomic mass is 9.91. The van der Waals surface area contributed by atoms with Gasteiger partial charge in [-0.3, -0.25) is 9.88 Å². The topological polar surface area (TPSA) is 123 Å². The summed E-state index contributed by atoms with van der Waals surface area (Å²) in [7, 11) is 0. The van der Waals surface area contributed by atoms with E-state index in [-0.39, 0.29) is 12.4 Å². The monoisotopic (exact) mass is 587 g/mol. The molecule has 41 heavy (non-hydrogen) atoms. The molecule has 0 aliphatic carbocycles. The van der Waals surface area contributed by atoms with Crippen molar-refractivity contribution in [3.8, 4) is 0 Å². The average Bonchev–Trinajstić information content (AvgIpc) is 3.12. The number of carbonyl (C=O) groups excluding carboxylic acids is 1. The molecular weight excluding hydrogens is 536 g/mol. The molecule has 2 heterocycles. The Balaban J connectivity index is 1.63. The van der Waals surface area contributed by atoms with Gasteiger partial charge in [-0.05, 0) is 36.2 Å². The Morgan fingerprint density at radius 1 is 1.02 bits per heavy atom. The molecule has 1 aliphatic rings. The second-order valence-corrected chi connectivity index (χ2v) is 12.4. The summed E-state index contributed by atoms with van der Waals surface area (Å²) < 4.78 is 39.3. The zero-order valence-electron chi connectivity index (χ0n) is 25.4. The standard InChI is InChI=1S/C30H51F2N3O6/c1-20(2)9-6-10-21(3)11-7-12-22(4)13-8-14-23(5)16-18-40-29(39)34-25-15-17-35(28(38)33-25)27-30(31,32)26(37)24(19-36)41-27/h15,17,20-24,26-27,36-37H,6-14,16,18-19H2,1-5H3,(H,33,34,38,39)/t21?,22?,23?,24-,26-,27-/m1/s1. The molecule has 0 radical (unpaired) electrons. The van der Waals surface area contributed by atoms with Crippen LogP contribution in [-0.4, -0.2) is 57.2 Å². The molecule has 0 spiro atoms. The van der Waals surface area contributed by atoms with Gasteiger partial charge in [0, 0.05) is 6.20 Å². The molecule has 1 fully saturated rings. The number of nitrogens with zero attached hydrogens (tertiary/aromatic N) is 2. The maximum Gasteiger partial charge on any atom is 0.412 e. The number of rotatable bonds is 18. The number of aromatic nitrogens is 2. The summed E-state index contributed by atoms with van der Waals surface area (Å²) >= 11 is 0. The summed E-state index contributed by atoms with van der Waals surface area (Å²) in [5.74, 6) is -1.27. The number of amides is 1. The highest BCUT2D eigenvalue weighted by atomic mass is 19.3. The van der Waals surface area contributed by atoms with E-state index in [1.165, 1.54) is 44.9 Å². The van der Waals surface area contributed by atoms with Gasteiger partial charge in [-0.15, -0.1) is 0 Å². The van der Waals surface area contributed by atoms with Crippen LogP contribution in [0.5, 0.6) is 0 Å². The minimum atomic E-state index is -3.81. The maximum absolute atomic E-state index is 14.3. The Kier molecular flexibility index (Phi) is 14.6. The highest BCUT2D eigenvalue weighted by molar-refractivity contribution is 5.83. The highest BCUT2D eigenvalue weighted by Gasteiger charge is 2.59. The van der Waals surface area contributed by atoms with Crippen molar-refractivity contribution in [3.63, 3.8) is 0 Å². The van der Waals surface area contributed by atoms with Gasteiger partial charge >= 0.3 is 17.7 Å². The van der Waals surface area contributed by atoms with Crippen LogP contribution in [0.2, 0.25) is 0 Å². The molecule has 1 aromatic heterocycles. The Morgan fingerprint density at radius 2 is 1.56 bits per heavy atom. The van der Waals surface area contributed by atoms with Crippen molar-refractivity contribution in [2.24, 2.45) is 23.7 Å². The van der Waals surface area contributed by atoms with Gasteiger partial charge in [-0.2, -0.15) is 13.8 Å². The summed E-state index contributed by atoms with van der Waals surface area (Å²) in [6, 6.07) is 1.15. The second-order valence-electron chi connectivity index (χ2n) is 12.4. The van der Waals surface area contributed by atoms with Crippen LogP contribution in [0.4, 0.5) is 19.4 Å². The first-order valence-electron chi connectivity index (χ1n) is 15.2. The number of alkyl halides is 2. The zero-order chi connectivity index (χ0) is 30.6. The minimum absolute atomic E-state index is 0.163. The fourth-order valence-corrected chi connectivity index (χ4v) is 5.21. The van der Waals surface area contributed by atoms with Gasteiger partial charge in [0.15, 0.2) is 6.10 Å². The molecule has 6 atom stereocenters. The molecule has 9 nitrogen and oxygen atoms in total. The minimum Gasteiger partial charge on any atom is -0.449 e. The highest BCUT2D eigenvalue weighted by Crippen LogP contribution is 2.42. The van der Waals surface area contributed by atoms with E-state index in [9.17, 15) is 23.5 Å². The Labute approximate surface area is 243 Å². The van der Waals surface area contributed by atoms with Gasteiger partial charge in [-0.25, -0.2) is 9.59 Å². The van der Waals surface area contributed by atoms with Crippen molar-refractivity contribution in [3.05, 3.63) is 22.7 Å². The predicted molar refractivity (Wildman–Crippen MR) is 154 cm³/mol. The Morgan fingerprint density at radius 3 is 2.05 bits per heavy atom. The normalized spacial score (nSPS) is 22.4. The number of ether oxygens (including phenoxy) is 2. The second kappa shape index (κ2) is 17.1. The SMILES string of the molecule is CC(C)CCCC(C)CCCC(C)CCCC(C)CCOC(=O)Nc1ccn([C@@H]2O[C@H](CO)[C@@H](O)C2(F)F)c(=O)n1. The maximum atomic E-state index is 14.3. The van der Waals surface area contributed by atoms with Crippen molar-refractivity contribution in [1.82, 2.24) is 9.55 Å². The first kappa shape index (κ1) is 35.1. The molecule has 2 rings (SSSR count). The molecule has 1 aliphatic heterocycles. The number of hydrogen-bond donors (Lipinski definition) is 3. The largest absolute Gasteiger partial charge is 0.449 e. The van der Waals surface area contributed by atoms with Crippen molar-refractivity contribution in [1.29, 1.82) is 0 Å². The predicted octanol–water partition coefficient (Wildman–Crippen LogP) is 6.14. The summed E-state index contributed by atoms with van der Waals surface area (Å²) in [5, 5.41) is 21.1. The van der Waals surface area contributed by atoms with E-state index in [0.29, 0.717) is 22.8 Å². The molecule has 3 unspecified atom stereocenters. The quantitative estimate of drug-likeness (QED) is 0.188. The molecular formula is C30H51F2N3O6. The van der Waals surface area contributed by atoms with E-state index in [1.807, 2.05) is 0 Å². The van der Waals surface area contributed by atoms with Gasteiger partial charge in [0.2, 0.25) is 6.23 Å². The summed E-state index contributed by atoms with van der Waals surface area (Å²) in [6.07, 6.45) is 6.20. The number of nitrogens with one attached hydrogen (secondary N) is 1. The average molecular weight is 588 g/mol. The molecule has 1 saturated heterocycles. The smallest absolute Gasteiger partial charge is 0.412 e. The first-order valence-corrected chi connectivity index (χ1v) is 15.2. The lowest BCUT2D eigenvalue weighted by molar-refractivity contribution is -0.140. The third kappa shape index (κ3) is 11.6. The van der Waals surface area contributed by atoms with E-state index >= 15 is 0 Å². The number of aliphatic hydroxyl groups excluding tert-OH is 2. The Hall–Kier alpha value is -2.11. The van der Waals surface area contributed by atoms with Gasteiger partial charge in [0.05, 0.1) is 13.2 Å². The van der Waals surface area contributed by atoms with Gasteiger partial charge < -0.3 is 19.7 Å². The molecule has 0 saturated carbocycles. The zero-order valence-corrected chi connectivity index (χ0v) is 25.4. The summed E-state index contributed by atoms with van der Waals surface area (Å²) in [5.41, 5.74) is -1.11. The molecule has 1 amide bonds. The van der Waals surface area contributed by atoms with Crippen LogP contribution in [0.25, 0.3) is 0 Å². The van der Waals surface area contributed by atoms with E-state index in [2.05, 4.69) is 44.9 Å². The third-order valence-electron chi connectivity index (χ3n) is 7.98.